The van der Waals surface area contributed by atoms with Crippen molar-refractivity contribution in [1.29, 1.82) is 0 Å². The van der Waals surface area contributed by atoms with Crippen LogP contribution >= 0.6 is 0 Å². The predicted molar refractivity (Wildman–Crippen MR) is 213 cm³/mol. The molecule has 2 bridgehead atoms. The van der Waals surface area contributed by atoms with Gasteiger partial charge in [0.15, 0.2) is 9.84 Å². The van der Waals surface area contributed by atoms with Crippen LogP contribution < -0.4 is 10.2 Å². The van der Waals surface area contributed by atoms with Gasteiger partial charge in [0.05, 0.1) is 30.3 Å². The fraction of sp³-hybridized carbons (Fsp3) is 0.628. The number of anilines is 1. The van der Waals surface area contributed by atoms with Crippen molar-refractivity contribution in [1.82, 2.24) is 20.0 Å². The van der Waals surface area contributed by atoms with Crippen LogP contribution in [-0.2, 0) is 29.5 Å². The van der Waals surface area contributed by atoms with Gasteiger partial charge in [-0.05, 0) is 137 Å². The molecule has 1 N–H and O–H groups in total. The highest BCUT2D eigenvalue weighted by atomic mass is 32.2. The van der Waals surface area contributed by atoms with Crippen molar-refractivity contribution in [2.45, 2.75) is 84.6 Å². The molecule has 13 heteroatoms. The number of rotatable bonds is 13. The minimum absolute atomic E-state index is 0.0324. The molecule has 4 saturated heterocycles. The highest BCUT2D eigenvalue weighted by Crippen LogP contribution is 2.52. The number of fused-ring (bicyclic) bond motifs is 2. The summed E-state index contributed by atoms with van der Waals surface area (Å²) >= 11 is 0. The Bertz CT molecular complexity index is 1880. The van der Waals surface area contributed by atoms with Gasteiger partial charge in [-0.1, -0.05) is 25.1 Å². The van der Waals surface area contributed by atoms with E-state index < -0.39 is 21.2 Å². The zero-order valence-corrected chi connectivity index (χ0v) is 33.7. The van der Waals surface area contributed by atoms with Gasteiger partial charge < -0.3 is 34.4 Å². The number of piperidine rings is 2. The molecule has 4 aliphatic heterocycles. The number of likely N-dealkylation sites (tertiary alicyclic amines) is 3. The van der Waals surface area contributed by atoms with E-state index in [1.165, 1.54) is 25.7 Å². The fourth-order valence-corrected chi connectivity index (χ4v) is 13.6. The quantitative estimate of drug-likeness (QED) is 0.285. The molecular weight excluding hydrogens is 734 g/mol. The van der Waals surface area contributed by atoms with Crippen molar-refractivity contribution < 1.29 is 31.9 Å². The van der Waals surface area contributed by atoms with Crippen molar-refractivity contribution in [3.8, 4) is 0 Å². The van der Waals surface area contributed by atoms with E-state index in [2.05, 4.69) is 32.7 Å². The fourth-order valence-electron chi connectivity index (χ4n) is 11.6. The second-order valence-electron chi connectivity index (χ2n) is 17.4. The largest absolute Gasteiger partial charge is 0.453 e. The molecule has 0 spiro atoms. The Morgan fingerprint density at radius 1 is 0.982 bits per heavy atom. The first kappa shape index (κ1) is 39.3. The standard InChI is InChI=1S/C43H58FN5O6S/c1-4-40(50)49-25-30-22-35(49)24-39(30)56(52,53)36-14-12-34(13-15-36)48-27-42(28-48,55-3)26-47-20-16-31(17-21-47)43(29-46-18-7-19-46,32-8-5-9-33(44)23-32)37-10-6-11-38(37)45-41(51)54-2/h4-5,8-9,12-15,23,30-31,35,37-39H,1,6-7,10-11,16-22,24-29H2,2-3H3,(H,45,51)/t30?,35?,37-,38-,39?,43?/m0/s1. The molecule has 0 aromatic heterocycles. The lowest BCUT2D eigenvalue weighted by Crippen LogP contribution is -2.68. The van der Waals surface area contributed by atoms with Crippen LogP contribution in [0.5, 0.6) is 0 Å². The van der Waals surface area contributed by atoms with E-state index in [4.69, 9.17) is 9.47 Å². The molecule has 6 fully saturated rings. The van der Waals surface area contributed by atoms with Crippen LogP contribution in [0.4, 0.5) is 14.9 Å². The molecule has 2 aliphatic carbocycles. The first-order valence-electron chi connectivity index (χ1n) is 20.6. The maximum absolute atomic E-state index is 15.1. The number of hydrogen-bond donors (Lipinski definition) is 1. The van der Waals surface area contributed by atoms with Gasteiger partial charge in [0.1, 0.15) is 11.4 Å². The maximum atomic E-state index is 15.1. The summed E-state index contributed by atoms with van der Waals surface area (Å²) < 4.78 is 53.7. The van der Waals surface area contributed by atoms with Crippen LogP contribution in [0, 0.1) is 23.6 Å². The van der Waals surface area contributed by atoms with E-state index in [1.54, 1.807) is 30.2 Å². The van der Waals surface area contributed by atoms with Gasteiger partial charge in [0, 0.05) is 49.9 Å². The Labute approximate surface area is 331 Å². The van der Waals surface area contributed by atoms with Gasteiger partial charge in [0.25, 0.3) is 0 Å². The van der Waals surface area contributed by atoms with Crippen molar-refractivity contribution in [2.75, 3.05) is 78.0 Å². The smallest absolute Gasteiger partial charge is 0.407 e. The molecule has 0 radical (unpaired) electrons. The van der Waals surface area contributed by atoms with Gasteiger partial charge in [-0.25, -0.2) is 17.6 Å². The molecule has 2 aromatic carbocycles. The molecule has 2 saturated carbocycles. The number of nitrogens with one attached hydrogen (secondary N) is 1. The number of carbonyl (C=O) groups excluding carboxylic acids is 2. The molecule has 8 rings (SSSR count). The number of methoxy groups -OCH3 is 2. The first-order valence-corrected chi connectivity index (χ1v) is 22.2. The van der Waals surface area contributed by atoms with Gasteiger partial charge >= 0.3 is 6.09 Å². The topological polar surface area (TPSA) is 112 Å². The number of carbonyl (C=O) groups is 2. The molecule has 2 aromatic rings. The van der Waals surface area contributed by atoms with E-state index in [1.807, 2.05) is 18.2 Å². The van der Waals surface area contributed by atoms with E-state index >= 15 is 4.39 Å². The van der Waals surface area contributed by atoms with E-state index in [0.717, 1.165) is 89.0 Å². The molecule has 11 nitrogen and oxygen atoms in total. The molecule has 4 unspecified atom stereocenters. The van der Waals surface area contributed by atoms with Gasteiger partial charge in [-0.15, -0.1) is 0 Å². The summed E-state index contributed by atoms with van der Waals surface area (Å²) in [7, 11) is -0.318. The van der Waals surface area contributed by atoms with Crippen LogP contribution in [-0.4, -0.2) is 131 Å². The lowest BCUT2D eigenvalue weighted by atomic mass is 9.57. The molecule has 6 aliphatic rings. The molecule has 2 amide bonds. The number of ether oxygens (including phenoxy) is 2. The van der Waals surface area contributed by atoms with Gasteiger partial charge in [-0.2, -0.15) is 0 Å². The second kappa shape index (κ2) is 15.7. The van der Waals surface area contributed by atoms with Crippen molar-refractivity contribution >= 4 is 27.5 Å². The summed E-state index contributed by atoms with van der Waals surface area (Å²) in [6.07, 6.45) is 8.12. The summed E-state index contributed by atoms with van der Waals surface area (Å²) in [6, 6.07) is 14.5. The molecule has 56 heavy (non-hydrogen) atoms. The predicted octanol–water partition coefficient (Wildman–Crippen LogP) is 4.86. The Kier molecular flexibility index (Phi) is 11.0. The van der Waals surface area contributed by atoms with Crippen molar-refractivity contribution in [3.05, 3.63) is 72.6 Å². The van der Waals surface area contributed by atoms with E-state index in [-0.39, 0.29) is 46.7 Å². The normalized spacial score (nSPS) is 29.0. The summed E-state index contributed by atoms with van der Waals surface area (Å²) in [6.45, 7) is 11.0. The summed E-state index contributed by atoms with van der Waals surface area (Å²) in [5.41, 5.74) is 1.37. The number of benzene rings is 2. The van der Waals surface area contributed by atoms with E-state index in [0.29, 0.717) is 36.9 Å². The zero-order chi connectivity index (χ0) is 39.2. The Hall–Kier alpha value is -3.52. The summed E-state index contributed by atoms with van der Waals surface area (Å²) in [5, 5.41) is 2.72. The van der Waals surface area contributed by atoms with Crippen molar-refractivity contribution in [3.63, 3.8) is 0 Å². The third-order valence-electron chi connectivity index (χ3n) is 14.5. The van der Waals surface area contributed by atoms with Crippen LogP contribution in [0.15, 0.2) is 66.1 Å². The number of hydrogen-bond acceptors (Lipinski definition) is 9. The Morgan fingerprint density at radius 3 is 2.34 bits per heavy atom. The maximum Gasteiger partial charge on any atom is 0.407 e. The SMILES string of the molecule is C=CC(=O)N1CC2CC1CC2S(=O)(=O)c1ccc(N2CC(CN3CCC(C(CN4CCC4)(c4cccc(F)c4)[C@H]4CCC[C@@H]4NC(=O)OC)CC3)(OC)C2)cc1. The molecule has 304 valence electrons. The van der Waals surface area contributed by atoms with E-state index in [9.17, 15) is 18.0 Å². The highest BCUT2D eigenvalue weighted by Gasteiger charge is 2.54. The van der Waals surface area contributed by atoms with Gasteiger partial charge in [-0.3, -0.25) is 4.79 Å². The first-order chi connectivity index (χ1) is 27.0. The van der Waals surface area contributed by atoms with Crippen LogP contribution in [0.1, 0.15) is 56.9 Å². The number of alkyl carbamates (subject to hydrolysis) is 1. The van der Waals surface area contributed by atoms with Crippen molar-refractivity contribution in [2.24, 2.45) is 17.8 Å². The number of amides is 2. The molecule has 6 atom stereocenters. The zero-order valence-electron chi connectivity index (χ0n) is 32.9. The monoisotopic (exact) mass is 791 g/mol. The third-order valence-corrected chi connectivity index (χ3v) is 16.8. The van der Waals surface area contributed by atoms with Crippen LogP contribution in [0.2, 0.25) is 0 Å². The minimum Gasteiger partial charge on any atom is -0.453 e. The van der Waals surface area contributed by atoms with Gasteiger partial charge in [0.2, 0.25) is 5.91 Å². The average molecular weight is 792 g/mol. The third kappa shape index (κ3) is 7.15. The lowest BCUT2D eigenvalue weighted by Gasteiger charge is -2.55. The second-order valence-corrected chi connectivity index (χ2v) is 19.6. The minimum atomic E-state index is -3.52. The summed E-state index contributed by atoms with van der Waals surface area (Å²) in [5.74, 6) is 0.0991. The summed E-state index contributed by atoms with van der Waals surface area (Å²) in [4.78, 5) is 34.2. The van der Waals surface area contributed by atoms with Crippen LogP contribution in [0.3, 0.4) is 0 Å². The number of nitrogens with zero attached hydrogens (tertiary/aromatic N) is 4. The molecule has 4 heterocycles. The number of halogens is 1. The molecular formula is C43H58FN5O6S. The van der Waals surface area contributed by atoms with Crippen LogP contribution in [0.25, 0.3) is 0 Å². The Balaban J connectivity index is 0.926. The highest BCUT2D eigenvalue weighted by molar-refractivity contribution is 7.92. The number of sulfone groups is 1. The average Bonchev–Trinajstić information content (AvgIpc) is 3.94. The Morgan fingerprint density at radius 2 is 1.73 bits per heavy atom. The lowest BCUT2D eigenvalue weighted by molar-refractivity contribution is -0.127.